The lowest BCUT2D eigenvalue weighted by Crippen LogP contribution is -2.27. The van der Waals surface area contributed by atoms with Gasteiger partial charge in [0.15, 0.2) is 5.13 Å². The minimum atomic E-state index is -3.53. The van der Waals surface area contributed by atoms with E-state index < -0.39 is 16.0 Å². The van der Waals surface area contributed by atoms with Crippen LogP contribution >= 0.6 is 11.3 Å². The van der Waals surface area contributed by atoms with E-state index in [1.54, 1.807) is 5.38 Å². The molecule has 0 unspecified atom stereocenters. The lowest BCUT2D eigenvalue weighted by atomic mass is 10.2. The highest BCUT2D eigenvalue weighted by molar-refractivity contribution is 7.89. The first-order valence-electron chi connectivity index (χ1n) is 10.8. The minimum Gasteiger partial charge on any atom is -0.456 e. The SMILES string of the molecule is CC(=O)N(c1cccc(C)c1)c1nc(COC(=O)c2ccc(S(=O)(=O)N3CCCC3)cc2)cs1. The van der Waals surface area contributed by atoms with Crippen molar-refractivity contribution in [2.75, 3.05) is 18.0 Å². The standard InChI is InChI=1S/C24H25N3O5S2/c1-17-6-5-7-21(14-17)27(18(2)28)24-25-20(16-33-24)15-32-23(29)19-8-10-22(11-9-19)34(30,31)26-12-3-4-13-26/h5-11,14,16H,3-4,12-13,15H2,1-2H3. The lowest BCUT2D eigenvalue weighted by Gasteiger charge is -2.18. The van der Waals surface area contributed by atoms with E-state index in [1.807, 2.05) is 31.2 Å². The summed E-state index contributed by atoms with van der Waals surface area (Å²) in [5, 5.41) is 2.22. The molecule has 0 atom stereocenters. The van der Waals surface area contributed by atoms with Crippen molar-refractivity contribution in [2.45, 2.75) is 38.2 Å². The van der Waals surface area contributed by atoms with Crippen molar-refractivity contribution < 1.29 is 22.7 Å². The molecule has 1 aliphatic heterocycles. The zero-order valence-electron chi connectivity index (χ0n) is 18.9. The number of thiazole rings is 1. The molecule has 0 spiro atoms. The summed E-state index contributed by atoms with van der Waals surface area (Å²) in [7, 11) is -3.53. The Kier molecular flexibility index (Phi) is 7.11. The van der Waals surface area contributed by atoms with Gasteiger partial charge in [0.1, 0.15) is 6.61 Å². The van der Waals surface area contributed by atoms with Gasteiger partial charge in [0, 0.05) is 25.4 Å². The Morgan fingerprint density at radius 1 is 1.12 bits per heavy atom. The van der Waals surface area contributed by atoms with E-state index in [0.29, 0.717) is 23.9 Å². The Morgan fingerprint density at radius 2 is 1.82 bits per heavy atom. The molecule has 0 N–H and O–H groups in total. The molecule has 2 aromatic carbocycles. The normalized spacial score (nSPS) is 14.2. The molecule has 1 aromatic heterocycles. The number of esters is 1. The first kappa shape index (κ1) is 24.1. The second kappa shape index (κ2) is 10.0. The number of sulfonamides is 1. The minimum absolute atomic E-state index is 0.0667. The van der Waals surface area contributed by atoms with Crippen molar-refractivity contribution in [3.05, 3.63) is 70.7 Å². The van der Waals surface area contributed by atoms with Crippen LogP contribution in [0.5, 0.6) is 0 Å². The first-order chi connectivity index (χ1) is 16.3. The predicted octanol–water partition coefficient (Wildman–Crippen LogP) is 4.28. The molecule has 1 amide bonds. The van der Waals surface area contributed by atoms with E-state index in [4.69, 9.17) is 4.74 Å². The quantitative estimate of drug-likeness (QED) is 0.450. The summed E-state index contributed by atoms with van der Waals surface area (Å²) < 4.78 is 32.1. The molecule has 4 rings (SSSR count). The van der Waals surface area contributed by atoms with Gasteiger partial charge in [-0.3, -0.25) is 9.69 Å². The highest BCUT2D eigenvalue weighted by Gasteiger charge is 2.27. The van der Waals surface area contributed by atoms with Crippen LogP contribution in [0.1, 0.15) is 41.4 Å². The molecule has 3 aromatic rings. The molecular formula is C24H25N3O5S2. The van der Waals surface area contributed by atoms with Crippen molar-refractivity contribution in [1.29, 1.82) is 0 Å². The van der Waals surface area contributed by atoms with Crippen LogP contribution in [0.4, 0.5) is 10.8 Å². The van der Waals surface area contributed by atoms with Gasteiger partial charge in [0.25, 0.3) is 0 Å². The molecule has 178 valence electrons. The van der Waals surface area contributed by atoms with E-state index in [1.165, 1.54) is 51.7 Å². The number of aromatic nitrogens is 1. The third kappa shape index (κ3) is 5.19. The van der Waals surface area contributed by atoms with E-state index in [9.17, 15) is 18.0 Å². The molecule has 0 radical (unpaired) electrons. The number of anilines is 2. The Morgan fingerprint density at radius 3 is 2.47 bits per heavy atom. The maximum Gasteiger partial charge on any atom is 0.338 e. The van der Waals surface area contributed by atoms with Crippen molar-refractivity contribution in [1.82, 2.24) is 9.29 Å². The maximum atomic E-state index is 12.6. The Labute approximate surface area is 202 Å². The van der Waals surface area contributed by atoms with Gasteiger partial charge in [-0.05, 0) is 61.7 Å². The number of ether oxygens (including phenoxy) is 1. The third-order valence-corrected chi connectivity index (χ3v) is 8.24. The highest BCUT2D eigenvalue weighted by Crippen LogP contribution is 2.30. The second-order valence-corrected chi connectivity index (χ2v) is 10.8. The molecule has 1 saturated heterocycles. The van der Waals surface area contributed by atoms with Crippen LogP contribution in [0.25, 0.3) is 0 Å². The fourth-order valence-corrected chi connectivity index (χ4v) is 6.11. The molecule has 2 heterocycles. The van der Waals surface area contributed by atoms with Gasteiger partial charge in [0.2, 0.25) is 15.9 Å². The van der Waals surface area contributed by atoms with Gasteiger partial charge >= 0.3 is 5.97 Å². The average molecular weight is 500 g/mol. The number of benzene rings is 2. The average Bonchev–Trinajstić information content (AvgIpc) is 3.51. The fourth-order valence-electron chi connectivity index (χ4n) is 3.72. The number of hydrogen-bond donors (Lipinski definition) is 0. The summed E-state index contributed by atoms with van der Waals surface area (Å²) >= 11 is 1.28. The lowest BCUT2D eigenvalue weighted by molar-refractivity contribution is -0.115. The van der Waals surface area contributed by atoms with Crippen LogP contribution in [-0.2, 0) is 26.2 Å². The van der Waals surface area contributed by atoms with Gasteiger partial charge in [-0.2, -0.15) is 4.31 Å². The Hall–Kier alpha value is -3.08. The van der Waals surface area contributed by atoms with E-state index >= 15 is 0 Å². The maximum absolute atomic E-state index is 12.6. The van der Waals surface area contributed by atoms with Gasteiger partial charge in [-0.15, -0.1) is 11.3 Å². The summed E-state index contributed by atoms with van der Waals surface area (Å²) in [6.07, 6.45) is 1.72. The van der Waals surface area contributed by atoms with Crippen LogP contribution in [0.2, 0.25) is 0 Å². The monoisotopic (exact) mass is 499 g/mol. The van der Waals surface area contributed by atoms with E-state index in [0.717, 1.165) is 24.1 Å². The van der Waals surface area contributed by atoms with Crippen molar-refractivity contribution in [2.24, 2.45) is 0 Å². The molecule has 0 bridgehead atoms. The summed E-state index contributed by atoms with van der Waals surface area (Å²) in [5.74, 6) is -0.755. The van der Waals surface area contributed by atoms with Gasteiger partial charge in [-0.1, -0.05) is 12.1 Å². The second-order valence-electron chi connectivity index (χ2n) is 8.03. The largest absolute Gasteiger partial charge is 0.456 e. The highest BCUT2D eigenvalue weighted by atomic mass is 32.2. The number of aryl methyl sites for hydroxylation is 1. The number of amides is 1. The summed E-state index contributed by atoms with van der Waals surface area (Å²) in [6, 6.07) is 13.3. The molecule has 1 fully saturated rings. The molecule has 34 heavy (non-hydrogen) atoms. The first-order valence-corrected chi connectivity index (χ1v) is 13.2. The summed E-state index contributed by atoms with van der Waals surface area (Å²) in [4.78, 5) is 30.9. The molecule has 0 aliphatic carbocycles. The molecular weight excluding hydrogens is 474 g/mol. The molecule has 0 saturated carbocycles. The summed E-state index contributed by atoms with van der Waals surface area (Å²) in [5.41, 5.74) is 2.50. The smallest absolute Gasteiger partial charge is 0.338 e. The zero-order valence-corrected chi connectivity index (χ0v) is 20.6. The van der Waals surface area contributed by atoms with E-state index in [-0.39, 0.29) is 23.0 Å². The number of carbonyl (C=O) groups excluding carboxylic acids is 2. The van der Waals surface area contributed by atoms with Gasteiger partial charge < -0.3 is 4.74 Å². The van der Waals surface area contributed by atoms with Crippen LogP contribution in [-0.4, -0.2) is 42.7 Å². The molecule has 8 nitrogen and oxygen atoms in total. The third-order valence-electron chi connectivity index (χ3n) is 5.45. The van der Waals surface area contributed by atoms with Gasteiger partial charge in [0.05, 0.1) is 21.8 Å². The van der Waals surface area contributed by atoms with Gasteiger partial charge in [-0.25, -0.2) is 18.2 Å². The van der Waals surface area contributed by atoms with Crippen LogP contribution < -0.4 is 4.90 Å². The zero-order chi connectivity index (χ0) is 24.3. The summed E-state index contributed by atoms with van der Waals surface area (Å²) in [6.45, 7) is 4.39. The van der Waals surface area contributed by atoms with Crippen LogP contribution in [0.15, 0.2) is 58.8 Å². The Bertz CT molecular complexity index is 1300. The fraction of sp³-hybridized carbons (Fsp3) is 0.292. The number of rotatable bonds is 7. The molecule has 1 aliphatic rings. The predicted molar refractivity (Wildman–Crippen MR) is 130 cm³/mol. The number of carbonyl (C=O) groups is 2. The van der Waals surface area contributed by atoms with E-state index in [2.05, 4.69) is 4.98 Å². The number of hydrogen-bond acceptors (Lipinski definition) is 7. The van der Waals surface area contributed by atoms with Crippen molar-refractivity contribution in [3.8, 4) is 0 Å². The van der Waals surface area contributed by atoms with Crippen molar-refractivity contribution >= 4 is 44.1 Å². The van der Waals surface area contributed by atoms with Crippen molar-refractivity contribution in [3.63, 3.8) is 0 Å². The number of nitrogens with zero attached hydrogens (tertiary/aromatic N) is 3. The van der Waals surface area contributed by atoms with Crippen LogP contribution in [0, 0.1) is 6.92 Å². The molecule has 10 heteroatoms. The Balaban J connectivity index is 1.41. The topological polar surface area (TPSA) is 96.9 Å². The van der Waals surface area contributed by atoms with Crippen LogP contribution in [0.3, 0.4) is 0 Å².